The second kappa shape index (κ2) is 8.97. The van der Waals surface area contributed by atoms with Crippen LogP contribution in [-0.4, -0.2) is 16.6 Å². The van der Waals surface area contributed by atoms with Gasteiger partial charge in [-0.2, -0.15) is 0 Å². The molecule has 0 aliphatic carbocycles. The van der Waals surface area contributed by atoms with Crippen molar-refractivity contribution in [1.82, 2.24) is 4.98 Å². The fourth-order valence-corrected chi connectivity index (χ4v) is 4.13. The lowest BCUT2D eigenvalue weighted by Crippen LogP contribution is -2.04. The van der Waals surface area contributed by atoms with E-state index >= 15 is 0 Å². The molecule has 0 N–H and O–H groups in total. The predicted molar refractivity (Wildman–Crippen MR) is 122 cm³/mol. The summed E-state index contributed by atoms with van der Waals surface area (Å²) in [7, 11) is 0. The quantitative estimate of drug-likeness (QED) is 0.349. The smallest absolute Gasteiger partial charge is 0.169 e. The van der Waals surface area contributed by atoms with Crippen LogP contribution in [0.15, 0.2) is 84.2 Å². The zero-order valence-corrected chi connectivity index (χ0v) is 17.5. The molecule has 30 heavy (non-hydrogen) atoms. The molecule has 4 heteroatoms. The van der Waals surface area contributed by atoms with Crippen LogP contribution >= 0.6 is 11.3 Å². The molecule has 0 saturated heterocycles. The van der Waals surface area contributed by atoms with Crippen molar-refractivity contribution >= 4 is 22.9 Å². The Bertz CT molecular complexity index is 1160. The highest BCUT2D eigenvalue weighted by molar-refractivity contribution is 7.10. The van der Waals surface area contributed by atoms with Crippen molar-refractivity contribution in [2.75, 3.05) is 0 Å². The monoisotopic (exact) mass is 411 g/mol. The Morgan fingerprint density at radius 1 is 0.767 bits per heavy atom. The minimum absolute atomic E-state index is 0.0321. The van der Waals surface area contributed by atoms with E-state index in [0.717, 1.165) is 21.8 Å². The maximum Gasteiger partial charge on any atom is 0.169 e. The standard InChI is InChI=1S/C26H21NO2S/c1-18(28)15-19-7-9-23(10-8-19)25(29)16-26-27-24(17-30-26)22-13-11-21(12-14-22)20-5-3-2-4-6-20/h2-14,17H,15-16H2,1H3. The molecule has 4 rings (SSSR count). The first-order valence-corrected chi connectivity index (χ1v) is 10.7. The summed E-state index contributed by atoms with van der Waals surface area (Å²) in [4.78, 5) is 28.5. The Labute approximate surface area is 180 Å². The van der Waals surface area contributed by atoms with Gasteiger partial charge in [0.25, 0.3) is 0 Å². The van der Waals surface area contributed by atoms with Crippen LogP contribution in [0.4, 0.5) is 0 Å². The third kappa shape index (κ3) is 4.78. The van der Waals surface area contributed by atoms with Crippen LogP contribution < -0.4 is 0 Å². The van der Waals surface area contributed by atoms with Crippen LogP contribution in [0.3, 0.4) is 0 Å². The Morgan fingerprint density at radius 3 is 2.07 bits per heavy atom. The molecule has 0 fully saturated rings. The van der Waals surface area contributed by atoms with E-state index in [1.807, 2.05) is 35.7 Å². The molecule has 3 nitrogen and oxygen atoms in total. The molecular weight excluding hydrogens is 390 g/mol. The number of Topliss-reactive ketones (excluding diaryl/α,β-unsaturated/α-hetero) is 2. The topological polar surface area (TPSA) is 47.0 Å². The Morgan fingerprint density at radius 2 is 1.40 bits per heavy atom. The van der Waals surface area contributed by atoms with Crippen LogP contribution in [0, 0.1) is 0 Å². The molecule has 0 spiro atoms. The van der Waals surface area contributed by atoms with E-state index in [1.165, 1.54) is 22.5 Å². The molecular formula is C26H21NO2S. The van der Waals surface area contributed by atoms with E-state index in [1.54, 1.807) is 19.1 Å². The number of carbonyl (C=O) groups is 2. The molecule has 0 bridgehead atoms. The van der Waals surface area contributed by atoms with Gasteiger partial charge in [0.15, 0.2) is 5.78 Å². The van der Waals surface area contributed by atoms with Crippen molar-refractivity contribution in [3.05, 3.63) is 100 Å². The van der Waals surface area contributed by atoms with Crippen molar-refractivity contribution in [2.24, 2.45) is 0 Å². The molecule has 3 aromatic carbocycles. The van der Waals surface area contributed by atoms with Crippen LogP contribution in [0.1, 0.15) is 27.9 Å². The first-order chi connectivity index (χ1) is 14.6. The zero-order chi connectivity index (χ0) is 20.9. The lowest BCUT2D eigenvalue weighted by Gasteiger charge is -2.03. The van der Waals surface area contributed by atoms with Gasteiger partial charge < -0.3 is 0 Å². The number of rotatable bonds is 7. The van der Waals surface area contributed by atoms with Crippen LogP contribution in [-0.2, 0) is 17.6 Å². The summed E-state index contributed by atoms with van der Waals surface area (Å²) >= 11 is 1.50. The minimum Gasteiger partial charge on any atom is -0.300 e. The van der Waals surface area contributed by atoms with Crippen molar-refractivity contribution in [3.8, 4) is 22.4 Å². The highest BCUT2D eigenvalue weighted by atomic mass is 32.1. The highest BCUT2D eigenvalue weighted by Gasteiger charge is 2.12. The second-order valence-corrected chi connectivity index (χ2v) is 8.19. The summed E-state index contributed by atoms with van der Waals surface area (Å²) in [5, 5.41) is 2.80. The summed E-state index contributed by atoms with van der Waals surface area (Å²) in [6.45, 7) is 1.56. The van der Waals surface area contributed by atoms with E-state index in [4.69, 9.17) is 0 Å². The normalized spacial score (nSPS) is 10.7. The maximum atomic E-state index is 12.6. The fourth-order valence-electron chi connectivity index (χ4n) is 3.32. The molecule has 4 aromatic rings. The summed E-state index contributed by atoms with van der Waals surface area (Å²) in [5.41, 5.74) is 5.85. The second-order valence-electron chi connectivity index (χ2n) is 7.25. The Hall–Kier alpha value is -3.37. The van der Waals surface area contributed by atoms with Gasteiger partial charge in [0.05, 0.1) is 12.1 Å². The SMILES string of the molecule is CC(=O)Cc1ccc(C(=O)Cc2nc(-c3ccc(-c4ccccc4)cc3)cs2)cc1. The molecule has 0 amide bonds. The van der Waals surface area contributed by atoms with Crippen molar-refractivity contribution in [3.63, 3.8) is 0 Å². The van der Waals surface area contributed by atoms with E-state index in [2.05, 4.69) is 41.4 Å². The molecule has 0 saturated carbocycles. The molecule has 0 aliphatic rings. The van der Waals surface area contributed by atoms with Gasteiger partial charge in [0.1, 0.15) is 10.8 Å². The summed E-state index contributed by atoms with van der Waals surface area (Å²) in [6, 6.07) is 25.8. The predicted octanol–water partition coefficient (Wildman–Crippen LogP) is 6.03. The zero-order valence-electron chi connectivity index (χ0n) is 16.7. The first-order valence-electron chi connectivity index (χ1n) is 9.80. The molecule has 0 atom stereocenters. The van der Waals surface area contributed by atoms with Crippen molar-refractivity contribution < 1.29 is 9.59 Å². The lowest BCUT2D eigenvalue weighted by molar-refractivity contribution is -0.116. The minimum atomic E-state index is 0.0321. The fraction of sp³-hybridized carbons (Fsp3) is 0.115. The highest BCUT2D eigenvalue weighted by Crippen LogP contribution is 2.26. The third-order valence-electron chi connectivity index (χ3n) is 4.88. The van der Waals surface area contributed by atoms with E-state index in [-0.39, 0.29) is 18.0 Å². The van der Waals surface area contributed by atoms with Gasteiger partial charge in [0.2, 0.25) is 0 Å². The van der Waals surface area contributed by atoms with Gasteiger partial charge in [-0.1, -0.05) is 78.9 Å². The molecule has 1 heterocycles. The average Bonchev–Trinajstić information content (AvgIpc) is 3.23. The lowest BCUT2D eigenvalue weighted by atomic mass is 10.0. The van der Waals surface area contributed by atoms with Crippen LogP contribution in [0.5, 0.6) is 0 Å². The number of thiazole rings is 1. The van der Waals surface area contributed by atoms with Gasteiger partial charge >= 0.3 is 0 Å². The van der Waals surface area contributed by atoms with Crippen molar-refractivity contribution in [1.29, 1.82) is 0 Å². The maximum absolute atomic E-state index is 12.6. The van der Waals surface area contributed by atoms with Crippen LogP contribution in [0.2, 0.25) is 0 Å². The number of aromatic nitrogens is 1. The summed E-state index contributed by atoms with van der Waals surface area (Å²) < 4.78 is 0. The van der Waals surface area contributed by atoms with Crippen LogP contribution in [0.25, 0.3) is 22.4 Å². The summed E-state index contributed by atoms with van der Waals surface area (Å²) in [5.74, 6) is 0.144. The number of nitrogens with zero attached hydrogens (tertiary/aromatic N) is 1. The number of ketones is 2. The molecule has 148 valence electrons. The number of benzene rings is 3. The third-order valence-corrected chi connectivity index (χ3v) is 5.73. The number of hydrogen-bond donors (Lipinski definition) is 0. The van der Waals surface area contributed by atoms with Crippen molar-refractivity contribution in [2.45, 2.75) is 19.8 Å². The van der Waals surface area contributed by atoms with Gasteiger partial charge in [-0.3, -0.25) is 9.59 Å². The Kier molecular flexibility index (Phi) is 5.96. The number of carbonyl (C=O) groups excluding carboxylic acids is 2. The molecule has 0 unspecified atom stereocenters. The van der Waals surface area contributed by atoms with E-state index in [9.17, 15) is 9.59 Å². The van der Waals surface area contributed by atoms with Gasteiger partial charge in [-0.25, -0.2) is 4.98 Å². The Balaban J connectivity index is 1.44. The van der Waals surface area contributed by atoms with E-state index in [0.29, 0.717) is 12.0 Å². The average molecular weight is 412 g/mol. The van der Waals surface area contributed by atoms with Gasteiger partial charge in [-0.05, 0) is 23.6 Å². The molecule has 1 aromatic heterocycles. The summed E-state index contributed by atoms with van der Waals surface area (Å²) in [6.07, 6.45) is 0.673. The first kappa shape index (κ1) is 19.9. The largest absolute Gasteiger partial charge is 0.300 e. The molecule has 0 aliphatic heterocycles. The van der Waals surface area contributed by atoms with E-state index < -0.39 is 0 Å². The van der Waals surface area contributed by atoms with Gasteiger partial charge in [0, 0.05) is 22.9 Å². The van der Waals surface area contributed by atoms with Gasteiger partial charge in [-0.15, -0.1) is 11.3 Å². The molecule has 0 radical (unpaired) electrons. The number of hydrogen-bond acceptors (Lipinski definition) is 4.